The lowest BCUT2D eigenvalue weighted by Crippen LogP contribution is -2.23. The number of rotatable bonds is 8. The maximum atomic E-state index is 13.4. The molecule has 0 amide bonds. The highest BCUT2D eigenvalue weighted by molar-refractivity contribution is 7.84. The maximum Gasteiger partial charge on any atom is 0.333 e. The Bertz CT molecular complexity index is 1410. The van der Waals surface area contributed by atoms with E-state index in [1.807, 2.05) is 23.6 Å². The highest BCUT2D eigenvalue weighted by Crippen LogP contribution is 2.36. The molecule has 5 rings (SSSR count). The third-order valence-electron chi connectivity index (χ3n) is 6.38. The quantitative estimate of drug-likeness (QED) is 0.421. The van der Waals surface area contributed by atoms with Gasteiger partial charge in [-0.15, -0.1) is 11.3 Å². The summed E-state index contributed by atoms with van der Waals surface area (Å²) < 4.78 is 32.7. The number of carbonyl (C=O) groups is 2. The second-order valence-electron chi connectivity index (χ2n) is 8.86. The van der Waals surface area contributed by atoms with E-state index < -0.39 is 16.4 Å². The lowest BCUT2D eigenvalue weighted by Gasteiger charge is -2.24. The van der Waals surface area contributed by atoms with E-state index in [-0.39, 0.29) is 36.7 Å². The van der Waals surface area contributed by atoms with E-state index in [0.29, 0.717) is 28.2 Å². The molecule has 0 spiro atoms. The van der Waals surface area contributed by atoms with Crippen molar-refractivity contribution < 1.29 is 26.9 Å². The van der Waals surface area contributed by atoms with Crippen LogP contribution in [0.1, 0.15) is 62.1 Å². The molecule has 188 valence electrons. The van der Waals surface area contributed by atoms with Gasteiger partial charge in [-0.1, -0.05) is 24.3 Å². The zero-order valence-electron chi connectivity index (χ0n) is 19.1. The molecule has 2 aliphatic rings. The summed E-state index contributed by atoms with van der Waals surface area (Å²) in [5.74, 6) is 0.178. The predicted octanol–water partition coefficient (Wildman–Crippen LogP) is 2.87. The van der Waals surface area contributed by atoms with Crippen LogP contribution < -0.4 is 10.5 Å². The molecule has 2 aromatic heterocycles. The molecule has 3 atom stereocenters. The number of nitrogens with zero attached hydrogens (tertiary/aromatic N) is 2. The van der Waals surface area contributed by atoms with Gasteiger partial charge in [-0.25, -0.2) is 15.1 Å². The van der Waals surface area contributed by atoms with Crippen LogP contribution in [0, 0.1) is 5.92 Å². The number of ketones is 2. The molecule has 12 heteroatoms. The first-order valence-corrected chi connectivity index (χ1v) is 13.7. The fourth-order valence-electron chi connectivity index (χ4n) is 4.67. The topological polar surface area (TPSA) is 151 Å². The number of anilines is 1. The second-order valence-corrected chi connectivity index (χ2v) is 11.0. The Labute approximate surface area is 212 Å². The molecule has 3 heterocycles. The number of ether oxygens (including phenoxy) is 1. The highest BCUT2D eigenvalue weighted by Gasteiger charge is 2.30. The van der Waals surface area contributed by atoms with E-state index in [0.717, 1.165) is 24.0 Å². The van der Waals surface area contributed by atoms with E-state index in [4.69, 9.17) is 14.1 Å². The minimum atomic E-state index is -3.97. The molecule has 10 nitrogen and oxygen atoms in total. The summed E-state index contributed by atoms with van der Waals surface area (Å²) >= 11 is 1.30. The van der Waals surface area contributed by atoms with Gasteiger partial charge in [-0.05, 0) is 47.8 Å². The van der Waals surface area contributed by atoms with Gasteiger partial charge in [0, 0.05) is 17.8 Å². The van der Waals surface area contributed by atoms with E-state index in [2.05, 4.69) is 15.3 Å². The van der Waals surface area contributed by atoms with Crippen LogP contribution in [0.2, 0.25) is 0 Å². The van der Waals surface area contributed by atoms with Gasteiger partial charge >= 0.3 is 10.3 Å². The monoisotopic (exact) mass is 528 g/mol. The van der Waals surface area contributed by atoms with Gasteiger partial charge in [0.15, 0.2) is 5.78 Å². The minimum absolute atomic E-state index is 0.00380. The van der Waals surface area contributed by atoms with Crippen molar-refractivity contribution in [3.8, 4) is 0 Å². The van der Waals surface area contributed by atoms with Crippen molar-refractivity contribution >= 4 is 39.0 Å². The largest absolute Gasteiger partial charge is 0.367 e. The fraction of sp³-hybridized carbons (Fsp3) is 0.333. The predicted molar refractivity (Wildman–Crippen MR) is 132 cm³/mol. The number of carbonyl (C=O) groups excluding carboxylic acids is 2. The second kappa shape index (κ2) is 10.1. The number of nitrogens with one attached hydrogen (secondary N) is 1. The molecule has 0 saturated heterocycles. The molecule has 0 bridgehead atoms. The van der Waals surface area contributed by atoms with E-state index in [1.165, 1.54) is 23.9 Å². The Morgan fingerprint density at radius 3 is 2.94 bits per heavy atom. The fourth-order valence-corrected chi connectivity index (χ4v) is 5.93. The van der Waals surface area contributed by atoms with Crippen LogP contribution in [-0.4, -0.2) is 49.2 Å². The van der Waals surface area contributed by atoms with Gasteiger partial charge < -0.3 is 10.1 Å². The number of Topliss-reactive ketones (excluding diaryl/α,β-unsaturated/α-hetero) is 1. The van der Waals surface area contributed by atoms with Crippen molar-refractivity contribution in [2.45, 2.75) is 31.4 Å². The normalized spacial score (nSPS) is 21.8. The summed E-state index contributed by atoms with van der Waals surface area (Å²) in [4.78, 5) is 34.4. The number of fused-ring (bicyclic) bond motifs is 1. The summed E-state index contributed by atoms with van der Waals surface area (Å²) in [6, 6.07) is 9.14. The molecule has 1 saturated carbocycles. The van der Waals surface area contributed by atoms with Crippen LogP contribution in [0.3, 0.4) is 0 Å². The van der Waals surface area contributed by atoms with Crippen molar-refractivity contribution in [3.63, 3.8) is 0 Å². The SMILES string of the molecule is NS(=O)(=O)OC[C@@H]1CC[C@H](Nc2ncncc2C(=O)c2cc(C3OCC(=O)c4ccccc43)cs2)C1. The highest BCUT2D eigenvalue weighted by atomic mass is 32.2. The average molecular weight is 529 g/mol. The summed E-state index contributed by atoms with van der Waals surface area (Å²) in [6.07, 6.45) is 4.64. The number of thiophene rings is 1. The first-order chi connectivity index (χ1) is 17.3. The number of hydrogen-bond donors (Lipinski definition) is 2. The smallest absolute Gasteiger partial charge is 0.333 e. The van der Waals surface area contributed by atoms with Gasteiger partial charge in [-0.3, -0.25) is 13.8 Å². The van der Waals surface area contributed by atoms with Crippen molar-refractivity contribution in [1.29, 1.82) is 0 Å². The lowest BCUT2D eigenvalue weighted by molar-refractivity contribution is 0.0512. The Balaban J connectivity index is 1.31. The molecule has 1 fully saturated rings. The van der Waals surface area contributed by atoms with Gasteiger partial charge in [0.05, 0.1) is 17.0 Å². The Morgan fingerprint density at radius 2 is 2.11 bits per heavy atom. The zero-order chi connectivity index (χ0) is 25.3. The van der Waals surface area contributed by atoms with E-state index in [1.54, 1.807) is 12.1 Å². The van der Waals surface area contributed by atoms with E-state index in [9.17, 15) is 18.0 Å². The molecule has 0 radical (unpaired) electrons. The number of nitrogens with two attached hydrogens (primary N) is 1. The molecular formula is C24H24N4O6S2. The molecule has 1 aromatic carbocycles. The minimum Gasteiger partial charge on any atom is -0.367 e. The van der Waals surface area contributed by atoms with Crippen molar-refractivity contribution in [1.82, 2.24) is 9.97 Å². The van der Waals surface area contributed by atoms with Gasteiger partial charge in [0.1, 0.15) is 24.9 Å². The number of hydrogen-bond acceptors (Lipinski definition) is 10. The zero-order valence-corrected chi connectivity index (χ0v) is 20.8. The van der Waals surface area contributed by atoms with Crippen LogP contribution in [0.15, 0.2) is 48.2 Å². The van der Waals surface area contributed by atoms with Crippen LogP contribution in [-0.2, 0) is 19.2 Å². The number of aromatic nitrogens is 2. The lowest BCUT2D eigenvalue weighted by atomic mass is 9.93. The molecule has 1 aliphatic carbocycles. The van der Waals surface area contributed by atoms with Crippen LogP contribution in [0.4, 0.5) is 5.82 Å². The first-order valence-electron chi connectivity index (χ1n) is 11.4. The first kappa shape index (κ1) is 24.7. The molecule has 3 aromatic rings. The maximum absolute atomic E-state index is 13.4. The third-order valence-corrected chi connectivity index (χ3v) is 7.79. The van der Waals surface area contributed by atoms with Gasteiger partial charge in [0.2, 0.25) is 5.78 Å². The van der Waals surface area contributed by atoms with Gasteiger partial charge in [-0.2, -0.15) is 8.42 Å². The van der Waals surface area contributed by atoms with Gasteiger partial charge in [0.25, 0.3) is 0 Å². The molecule has 3 N–H and O–H groups in total. The summed E-state index contributed by atoms with van der Waals surface area (Å²) in [6.45, 7) is 0.0224. The Morgan fingerprint density at radius 1 is 1.28 bits per heavy atom. The molecule has 36 heavy (non-hydrogen) atoms. The number of benzene rings is 1. The van der Waals surface area contributed by atoms with Crippen LogP contribution >= 0.6 is 11.3 Å². The average Bonchev–Trinajstić information content (AvgIpc) is 3.53. The van der Waals surface area contributed by atoms with Crippen molar-refractivity contribution in [2.24, 2.45) is 11.1 Å². The molecule has 1 unspecified atom stereocenters. The Hall–Kier alpha value is -3.03. The summed E-state index contributed by atoms with van der Waals surface area (Å²) in [5, 5.41) is 10.1. The van der Waals surface area contributed by atoms with Crippen LogP contribution in [0.5, 0.6) is 0 Å². The molecule has 1 aliphatic heterocycles. The molecular weight excluding hydrogens is 504 g/mol. The summed E-state index contributed by atoms with van der Waals surface area (Å²) in [7, 11) is -3.97. The van der Waals surface area contributed by atoms with Crippen molar-refractivity contribution in [2.75, 3.05) is 18.5 Å². The summed E-state index contributed by atoms with van der Waals surface area (Å²) in [5.41, 5.74) is 2.58. The van der Waals surface area contributed by atoms with E-state index >= 15 is 0 Å². The standard InChI is InChI=1S/C24H24N4O6S2/c25-36(31,32)34-10-14-5-6-16(7-14)28-24-19(9-26-13-27-24)22(30)21-8-15(12-35-21)23-18-4-2-1-3-17(18)20(29)11-33-23/h1-4,8-9,12-14,16,23H,5-7,10-11H2,(H2,25,31,32)(H,26,27,28)/t14-,16+,23?/m1/s1. The Kier molecular flexibility index (Phi) is 6.95. The van der Waals surface area contributed by atoms with Crippen molar-refractivity contribution in [3.05, 3.63) is 75.4 Å². The van der Waals surface area contributed by atoms with Crippen LogP contribution in [0.25, 0.3) is 0 Å². The third kappa shape index (κ3) is 5.37.